The van der Waals surface area contributed by atoms with Gasteiger partial charge in [0.1, 0.15) is 17.9 Å². The molecule has 0 atom stereocenters. The summed E-state index contributed by atoms with van der Waals surface area (Å²) in [6, 6.07) is 8.07. The first-order chi connectivity index (χ1) is 9.66. The second kappa shape index (κ2) is 5.09. The summed E-state index contributed by atoms with van der Waals surface area (Å²) >= 11 is 1.65. The monoisotopic (exact) mass is 287 g/mol. The van der Waals surface area contributed by atoms with Crippen LogP contribution < -0.4 is 0 Å². The van der Waals surface area contributed by atoms with E-state index in [4.69, 9.17) is 9.26 Å². The third-order valence-corrected chi connectivity index (χ3v) is 4.17. The smallest absolute Gasteiger partial charge is 0.344 e. The van der Waals surface area contributed by atoms with E-state index in [0.29, 0.717) is 17.0 Å². The highest BCUT2D eigenvalue weighted by molar-refractivity contribution is 7.17. The molecule has 2 aromatic heterocycles. The van der Waals surface area contributed by atoms with Crippen LogP contribution in [0.15, 0.2) is 34.2 Å². The third-order valence-electron chi connectivity index (χ3n) is 3.16. The zero-order chi connectivity index (χ0) is 14.1. The van der Waals surface area contributed by atoms with Crippen molar-refractivity contribution in [1.82, 2.24) is 5.16 Å². The van der Waals surface area contributed by atoms with E-state index < -0.39 is 5.97 Å². The molecule has 1 aromatic carbocycles. The maximum atomic E-state index is 12.1. The lowest BCUT2D eigenvalue weighted by molar-refractivity contribution is 0.0472. The fraction of sp³-hybridized carbons (Fsp3) is 0.200. The zero-order valence-corrected chi connectivity index (χ0v) is 12.0. The maximum absolute atomic E-state index is 12.1. The summed E-state index contributed by atoms with van der Waals surface area (Å²) in [5.41, 5.74) is 2.00. The van der Waals surface area contributed by atoms with E-state index in [-0.39, 0.29) is 6.61 Å². The highest BCUT2D eigenvalue weighted by Crippen LogP contribution is 2.26. The molecule has 0 unspecified atom stereocenters. The largest absolute Gasteiger partial charge is 0.457 e. The minimum atomic E-state index is -0.392. The van der Waals surface area contributed by atoms with Gasteiger partial charge in [-0.1, -0.05) is 23.4 Å². The second-order valence-electron chi connectivity index (χ2n) is 4.53. The molecule has 0 saturated carbocycles. The van der Waals surface area contributed by atoms with Crippen molar-refractivity contribution in [2.24, 2.45) is 0 Å². The molecule has 3 aromatic rings. The van der Waals surface area contributed by atoms with Crippen LogP contribution in [0.5, 0.6) is 0 Å². The molecule has 0 fully saturated rings. The van der Waals surface area contributed by atoms with Crippen LogP contribution in [0, 0.1) is 13.8 Å². The lowest BCUT2D eigenvalue weighted by atomic mass is 10.2. The summed E-state index contributed by atoms with van der Waals surface area (Å²) in [5, 5.41) is 6.91. The average Bonchev–Trinajstić information content (AvgIpc) is 3.00. The number of carbonyl (C=O) groups is 1. The van der Waals surface area contributed by atoms with Crippen molar-refractivity contribution >= 4 is 27.4 Å². The first-order valence-corrected chi connectivity index (χ1v) is 7.10. The standard InChI is InChI=1S/C15H13NO3S/c1-9-14(10(2)19-16-9)15(17)18-7-11-8-20-13-6-4-3-5-12(11)13/h3-6,8H,7H2,1-2H3. The molecule has 4 nitrogen and oxygen atoms in total. The summed E-state index contributed by atoms with van der Waals surface area (Å²) in [5.74, 6) is 0.0965. The van der Waals surface area contributed by atoms with Crippen molar-refractivity contribution in [3.05, 3.63) is 52.2 Å². The van der Waals surface area contributed by atoms with Gasteiger partial charge >= 0.3 is 5.97 Å². The van der Waals surface area contributed by atoms with Gasteiger partial charge in [0, 0.05) is 10.3 Å². The predicted molar refractivity (Wildman–Crippen MR) is 76.9 cm³/mol. The van der Waals surface area contributed by atoms with Crippen LogP contribution in [0.1, 0.15) is 27.4 Å². The highest BCUT2D eigenvalue weighted by atomic mass is 32.1. The quantitative estimate of drug-likeness (QED) is 0.686. The molecule has 0 saturated heterocycles. The van der Waals surface area contributed by atoms with E-state index in [1.54, 1.807) is 25.2 Å². The van der Waals surface area contributed by atoms with Gasteiger partial charge in [-0.3, -0.25) is 0 Å². The number of hydrogen-bond acceptors (Lipinski definition) is 5. The van der Waals surface area contributed by atoms with Gasteiger partial charge in [-0.25, -0.2) is 4.79 Å². The van der Waals surface area contributed by atoms with Crippen molar-refractivity contribution in [3.8, 4) is 0 Å². The lowest BCUT2D eigenvalue weighted by Crippen LogP contribution is -2.07. The lowest BCUT2D eigenvalue weighted by Gasteiger charge is -2.03. The topological polar surface area (TPSA) is 52.3 Å². The highest BCUT2D eigenvalue weighted by Gasteiger charge is 2.19. The normalized spacial score (nSPS) is 10.9. The van der Waals surface area contributed by atoms with Crippen molar-refractivity contribution in [2.75, 3.05) is 0 Å². The van der Waals surface area contributed by atoms with Crippen LogP contribution in [0.25, 0.3) is 10.1 Å². The van der Waals surface area contributed by atoms with Crippen LogP contribution in [0.4, 0.5) is 0 Å². The van der Waals surface area contributed by atoms with Gasteiger partial charge in [0.15, 0.2) is 0 Å². The molecule has 0 radical (unpaired) electrons. The summed E-state index contributed by atoms with van der Waals surface area (Å²) in [4.78, 5) is 12.1. The maximum Gasteiger partial charge on any atom is 0.344 e. The minimum absolute atomic E-state index is 0.257. The van der Waals surface area contributed by atoms with Crippen LogP contribution in [-0.2, 0) is 11.3 Å². The van der Waals surface area contributed by atoms with E-state index >= 15 is 0 Å². The van der Waals surface area contributed by atoms with E-state index in [1.165, 1.54) is 4.70 Å². The Morgan fingerprint density at radius 1 is 1.35 bits per heavy atom. The summed E-state index contributed by atoms with van der Waals surface area (Å²) in [7, 11) is 0. The van der Waals surface area contributed by atoms with Crippen molar-refractivity contribution in [2.45, 2.75) is 20.5 Å². The Kier molecular flexibility index (Phi) is 3.28. The minimum Gasteiger partial charge on any atom is -0.457 e. The molecule has 0 N–H and O–H groups in total. The number of fused-ring (bicyclic) bond motifs is 1. The van der Waals surface area contributed by atoms with Crippen LogP contribution in [-0.4, -0.2) is 11.1 Å². The van der Waals surface area contributed by atoms with Gasteiger partial charge in [0.2, 0.25) is 0 Å². The Morgan fingerprint density at radius 2 is 2.15 bits per heavy atom. The van der Waals surface area contributed by atoms with Crippen LogP contribution in [0.3, 0.4) is 0 Å². The van der Waals surface area contributed by atoms with Crippen molar-refractivity contribution in [1.29, 1.82) is 0 Å². The molecule has 0 amide bonds. The first-order valence-electron chi connectivity index (χ1n) is 6.22. The number of carbonyl (C=O) groups excluding carboxylic acids is 1. The number of aromatic nitrogens is 1. The molecule has 0 aliphatic heterocycles. The zero-order valence-electron chi connectivity index (χ0n) is 11.2. The van der Waals surface area contributed by atoms with Gasteiger partial charge in [0.25, 0.3) is 0 Å². The Labute approximate surface area is 120 Å². The number of thiophene rings is 1. The number of ether oxygens (including phenoxy) is 1. The number of rotatable bonds is 3. The molecule has 0 spiro atoms. The summed E-state index contributed by atoms with van der Waals surface area (Å²) < 4.78 is 11.5. The number of benzene rings is 1. The number of aryl methyl sites for hydroxylation is 2. The Hall–Kier alpha value is -2.14. The average molecular weight is 287 g/mol. The fourth-order valence-electron chi connectivity index (χ4n) is 2.13. The molecule has 102 valence electrons. The molecule has 0 aliphatic carbocycles. The van der Waals surface area contributed by atoms with Gasteiger partial charge in [0.05, 0.1) is 5.69 Å². The van der Waals surface area contributed by atoms with Gasteiger partial charge < -0.3 is 9.26 Å². The Morgan fingerprint density at radius 3 is 2.90 bits per heavy atom. The van der Waals surface area contributed by atoms with E-state index in [2.05, 4.69) is 11.2 Å². The molecule has 0 aliphatic rings. The molecule has 5 heteroatoms. The van der Waals surface area contributed by atoms with Crippen molar-refractivity contribution in [3.63, 3.8) is 0 Å². The SMILES string of the molecule is Cc1noc(C)c1C(=O)OCc1csc2ccccc12. The second-order valence-corrected chi connectivity index (χ2v) is 5.44. The van der Waals surface area contributed by atoms with E-state index in [9.17, 15) is 4.79 Å². The predicted octanol–water partition coefficient (Wildman–Crippen LogP) is 3.86. The Balaban J connectivity index is 1.78. The van der Waals surface area contributed by atoms with Gasteiger partial charge in [-0.15, -0.1) is 11.3 Å². The molecule has 0 bridgehead atoms. The fourth-order valence-corrected chi connectivity index (χ4v) is 3.08. The molecule has 3 rings (SSSR count). The summed E-state index contributed by atoms with van der Waals surface area (Å²) in [6.07, 6.45) is 0. The van der Waals surface area contributed by atoms with E-state index in [0.717, 1.165) is 10.9 Å². The van der Waals surface area contributed by atoms with Crippen molar-refractivity contribution < 1.29 is 14.1 Å². The summed E-state index contributed by atoms with van der Waals surface area (Å²) in [6.45, 7) is 3.69. The Bertz CT molecular complexity index is 753. The molecular weight excluding hydrogens is 274 g/mol. The van der Waals surface area contributed by atoms with Crippen LogP contribution >= 0.6 is 11.3 Å². The molecule has 20 heavy (non-hydrogen) atoms. The number of hydrogen-bond donors (Lipinski definition) is 0. The van der Waals surface area contributed by atoms with E-state index in [1.807, 2.05) is 23.6 Å². The first kappa shape index (κ1) is 12.9. The third kappa shape index (κ3) is 2.20. The van der Waals surface area contributed by atoms with Gasteiger partial charge in [-0.05, 0) is 30.7 Å². The molecule has 2 heterocycles. The number of nitrogens with zero attached hydrogens (tertiary/aromatic N) is 1. The van der Waals surface area contributed by atoms with Gasteiger partial charge in [-0.2, -0.15) is 0 Å². The molecular formula is C15H13NO3S. The van der Waals surface area contributed by atoms with Crippen LogP contribution in [0.2, 0.25) is 0 Å². The number of esters is 1.